The molecule has 110 valence electrons. The summed E-state index contributed by atoms with van der Waals surface area (Å²) in [6.45, 7) is 2.82. The summed E-state index contributed by atoms with van der Waals surface area (Å²) in [5.74, 6) is 0.623. The van der Waals surface area contributed by atoms with Crippen molar-refractivity contribution in [3.05, 3.63) is 33.9 Å². The standard InChI is InChI=1S/C14H21N3O3/c1-15-6-5-11(8-15)9-16(2)13-3-4-14(17(19)20)12(7-13)10-18/h3-4,7,11,18H,5-6,8-10H2,1-2H3. The van der Waals surface area contributed by atoms with Gasteiger partial charge in [-0.05, 0) is 38.1 Å². The van der Waals surface area contributed by atoms with Gasteiger partial charge in [0.25, 0.3) is 5.69 Å². The second-order valence-corrected chi connectivity index (χ2v) is 5.53. The number of aliphatic hydroxyl groups is 1. The fraction of sp³-hybridized carbons (Fsp3) is 0.571. The van der Waals surface area contributed by atoms with E-state index in [1.807, 2.05) is 7.05 Å². The summed E-state index contributed by atoms with van der Waals surface area (Å²) >= 11 is 0. The van der Waals surface area contributed by atoms with Gasteiger partial charge in [0, 0.05) is 31.9 Å². The van der Waals surface area contributed by atoms with Gasteiger partial charge in [-0.15, -0.1) is 0 Å². The third-order valence-corrected chi connectivity index (χ3v) is 3.89. The number of hydrogen-bond donors (Lipinski definition) is 1. The Morgan fingerprint density at radius 3 is 2.85 bits per heavy atom. The van der Waals surface area contributed by atoms with Crippen LogP contribution in [0.15, 0.2) is 18.2 Å². The number of nitro groups is 1. The average Bonchev–Trinajstić information content (AvgIpc) is 2.83. The van der Waals surface area contributed by atoms with Crippen molar-refractivity contribution in [2.24, 2.45) is 5.92 Å². The molecule has 0 amide bonds. The zero-order valence-corrected chi connectivity index (χ0v) is 12.0. The molecule has 1 saturated heterocycles. The lowest BCUT2D eigenvalue weighted by molar-refractivity contribution is -0.385. The normalized spacial score (nSPS) is 19.2. The number of likely N-dealkylation sites (tertiary alicyclic amines) is 1. The van der Waals surface area contributed by atoms with Gasteiger partial charge in [-0.3, -0.25) is 10.1 Å². The van der Waals surface area contributed by atoms with Crippen LogP contribution in [0.25, 0.3) is 0 Å². The Morgan fingerprint density at radius 2 is 2.30 bits per heavy atom. The van der Waals surface area contributed by atoms with Crippen LogP contribution in [-0.2, 0) is 6.61 Å². The molecule has 0 aromatic heterocycles. The first-order valence-corrected chi connectivity index (χ1v) is 6.79. The number of rotatable bonds is 5. The molecule has 1 aromatic carbocycles. The van der Waals surface area contributed by atoms with E-state index in [2.05, 4.69) is 16.8 Å². The predicted molar refractivity (Wildman–Crippen MR) is 77.9 cm³/mol. The average molecular weight is 279 g/mol. The number of nitrogens with zero attached hydrogens (tertiary/aromatic N) is 3. The van der Waals surface area contributed by atoms with Crippen molar-refractivity contribution < 1.29 is 10.0 Å². The molecule has 1 aliphatic heterocycles. The van der Waals surface area contributed by atoms with Crippen LogP contribution in [0.3, 0.4) is 0 Å². The molecular weight excluding hydrogens is 258 g/mol. The number of nitro benzene ring substituents is 1. The summed E-state index contributed by atoms with van der Waals surface area (Å²) in [4.78, 5) is 14.8. The molecule has 6 nitrogen and oxygen atoms in total. The summed E-state index contributed by atoms with van der Waals surface area (Å²) < 4.78 is 0. The zero-order chi connectivity index (χ0) is 14.7. The van der Waals surface area contributed by atoms with Gasteiger partial charge in [-0.2, -0.15) is 0 Å². The molecule has 20 heavy (non-hydrogen) atoms. The third kappa shape index (κ3) is 3.26. The van der Waals surface area contributed by atoms with Crippen LogP contribution < -0.4 is 4.90 Å². The summed E-state index contributed by atoms with van der Waals surface area (Å²) in [5.41, 5.74) is 1.25. The Morgan fingerprint density at radius 1 is 1.55 bits per heavy atom. The zero-order valence-electron chi connectivity index (χ0n) is 12.0. The maximum atomic E-state index is 10.9. The molecule has 0 spiro atoms. The largest absolute Gasteiger partial charge is 0.391 e. The number of aliphatic hydroxyl groups excluding tert-OH is 1. The van der Waals surface area contributed by atoms with Crippen LogP contribution in [-0.4, -0.2) is 48.7 Å². The van der Waals surface area contributed by atoms with E-state index in [-0.39, 0.29) is 12.3 Å². The Balaban J connectivity index is 2.10. The van der Waals surface area contributed by atoms with Crippen LogP contribution >= 0.6 is 0 Å². The molecule has 1 atom stereocenters. The topological polar surface area (TPSA) is 69.9 Å². The molecule has 1 unspecified atom stereocenters. The molecular formula is C14H21N3O3. The first kappa shape index (κ1) is 14.7. The molecule has 0 aliphatic carbocycles. The lowest BCUT2D eigenvalue weighted by Gasteiger charge is -2.23. The second kappa shape index (κ2) is 6.19. The van der Waals surface area contributed by atoms with E-state index in [0.29, 0.717) is 11.5 Å². The Bertz CT molecular complexity index is 493. The van der Waals surface area contributed by atoms with E-state index in [0.717, 1.165) is 25.3 Å². The molecule has 1 heterocycles. The quantitative estimate of drug-likeness (QED) is 0.653. The van der Waals surface area contributed by atoms with Gasteiger partial charge in [0.15, 0.2) is 0 Å². The highest BCUT2D eigenvalue weighted by Crippen LogP contribution is 2.26. The Labute approximate surface area is 118 Å². The molecule has 6 heteroatoms. The van der Waals surface area contributed by atoms with Gasteiger partial charge in [-0.1, -0.05) is 0 Å². The van der Waals surface area contributed by atoms with Crippen molar-refractivity contribution in [1.82, 2.24) is 4.90 Å². The van der Waals surface area contributed by atoms with Crippen LogP contribution in [0.2, 0.25) is 0 Å². The van der Waals surface area contributed by atoms with Crippen LogP contribution in [0.1, 0.15) is 12.0 Å². The molecule has 1 aromatic rings. The van der Waals surface area contributed by atoms with Gasteiger partial charge in [-0.25, -0.2) is 0 Å². The van der Waals surface area contributed by atoms with E-state index in [1.165, 1.54) is 12.5 Å². The molecule has 0 saturated carbocycles. The first-order valence-electron chi connectivity index (χ1n) is 6.79. The maximum Gasteiger partial charge on any atom is 0.275 e. The summed E-state index contributed by atoms with van der Waals surface area (Å²) in [6.07, 6.45) is 1.18. The van der Waals surface area contributed by atoms with Crippen molar-refractivity contribution in [3.8, 4) is 0 Å². The molecule has 1 fully saturated rings. The van der Waals surface area contributed by atoms with E-state index in [9.17, 15) is 15.2 Å². The molecule has 0 bridgehead atoms. The van der Waals surface area contributed by atoms with Gasteiger partial charge in [0.05, 0.1) is 17.1 Å². The second-order valence-electron chi connectivity index (χ2n) is 5.53. The van der Waals surface area contributed by atoms with Gasteiger partial charge in [0.1, 0.15) is 0 Å². The van der Waals surface area contributed by atoms with Crippen molar-refractivity contribution in [2.75, 3.05) is 38.6 Å². The van der Waals surface area contributed by atoms with E-state index >= 15 is 0 Å². The summed E-state index contributed by atoms with van der Waals surface area (Å²) in [6, 6.07) is 4.92. The third-order valence-electron chi connectivity index (χ3n) is 3.89. The highest BCUT2D eigenvalue weighted by Gasteiger charge is 2.21. The highest BCUT2D eigenvalue weighted by atomic mass is 16.6. The number of hydrogen-bond acceptors (Lipinski definition) is 5. The monoisotopic (exact) mass is 279 g/mol. The minimum Gasteiger partial charge on any atom is -0.391 e. The lowest BCUT2D eigenvalue weighted by atomic mass is 10.1. The Kier molecular flexibility index (Phi) is 4.57. The minimum absolute atomic E-state index is 0.0229. The van der Waals surface area contributed by atoms with E-state index in [1.54, 1.807) is 12.1 Å². The van der Waals surface area contributed by atoms with Gasteiger partial charge >= 0.3 is 0 Å². The molecule has 1 N–H and O–H groups in total. The van der Waals surface area contributed by atoms with Gasteiger partial charge in [0.2, 0.25) is 0 Å². The predicted octanol–water partition coefficient (Wildman–Crippen LogP) is 1.47. The van der Waals surface area contributed by atoms with Crippen LogP contribution in [0, 0.1) is 16.0 Å². The van der Waals surface area contributed by atoms with E-state index in [4.69, 9.17) is 0 Å². The minimum atomic E-state index is -0.457. The van der Waals surface area contributed by atoms with Crippen molar-refractivity contribution in [1.29, 1.82) is 0 Å². The summed E-state index contributed by atoms with van der Waals surface area (Å²) in [7, 11) is 4.11. The van der Waals surface area contributed by atoms with Crippen molar-refractivity contribution in [2.45, 2.75) is 13.0 Å². The SMILES string of the molecule is CN1CCC(CN(C)c2ccc([N+](=O)[O-])c(CO)c2)C1. The summed E-state index contributed by atoms with van der Waals surface area (Å²) in [5, 5.41) is 20.1. The first-order chi connectivity index (χ1) is 9.51. The highest BCUT2D eigenvalue weighted by molar-refractivity contribution is 5.55. The van der Waals surface area contributed by atoms with E-state index < -0.39 is 4.92 Å². The molecule has 2 rings (SSSR count). The number of anilines is 1. The van der Waals surface area contributed by atoms with Crippen LogP contribution in [0.5, 0.6) is 0 Å². The van der Waals surface area contributed by atoms with Crippen LogP contribution in [0.4, 0.5) is 11.4 Å². The van der Waals surface area contributed by atoms with Crippen molar-refractivity contribution in [3.63, 3.8) is 0 Å². The number of benzene rings is 1. The fourth-order valence-corrected chi connectivity index (χ4v) is 2.78. The van der Waals surface area contributed by atoms with Crippen molar-refractivity contribution >= 4 is 11.4 Å². The molecule has 0 radical (unpaired) electrons. The smallest absolute Gasteiger partial charge is 0.275 e. The lowest BCUT2D eigenvalue weighted by Crippen LogP contribution is -2.27. The van der Waals surface area contributed by atoms with Gasteiger partial charge < -0.3 is 14.9 Å². The fourth-order valence-electron chi connectivity index (χ4n) is 2.78. The Hall–Kier alpha value is -1.66. The maximum absolute atomic E-state index is 10.9. The molecule has 1 aliphatic rings.